The van der Waals surface area contributed by atoms with Crippen LogP contribution in [-0.4, -0.2) is 9.08 Å². The molecule has 0 aliphatic heterocycles. The first-order valence-corrected chi connectivity index (χ1v) is 7.49. The first-order chi connectivity index (χ1) is 9.25. The summed E-state index contributed by atoms with van der Waals surface area (Å²) in [7, 11) is -6.51. The fraction of sp³-hybridized carbons (Fsp3) is 0.143. The second kappa shape index (κ2) is 5.01. The number of rotatable bonds is 2. The molecule has 0 heterocycles. The maximum Gasteiger partial charge on any atom is 0.657 e. The average molecular weight is 302 g/mol. The van der Waals surface area contributed by atoms with Crippen LogP contribution in [0.4, 0.5) is 21.1 Å². The second-order valence-corrected chi connectivity index (χ2v) is 5.99. The Morgan fingerprint density at radius 3 is 1.85 bits per heavy atom. The molecule has 0 radical (unpaired) electrons. The van der Waals surface area contributed by atoms with E-state index in [0.717, 1.165) is 0 Å². The van der Waals surface area contributed by atoms with Gasteiger partial charge in [0.15, 0.2) is 11.6 Å². The minimum Gasteiger partial charge on any atom is -0.234 e. The predicted octanol–water partition coefficient (Wildman–Crippen LogP) is 4.30. The molecule has 20 heavy (non-hydrogen) atoms. The highest BCUT2D eigenvalue weighted by atomic mass is 28.5. The first-order valence-electron chi connectivity index (χ1n) is 5.86. The molecule has 0 aliphatic carbocycles. The zero-order valence-corrected chi connectivity index (χ0v) is 11.8. The van der Waals surface area contributed by atoms with E-state index in [4.69, 9.17) is 0 Å². The molecule has 2 aromatic rings. The van der Waals surface area contributed by atoms with Crippen molar-refractivity contribution in [2.75, 3.05) is 0 Å². The van der Waals surface area contributed by atoms with Crippen molar-refractivity contribution in [1.82, 2.24) is 0 Å². The van der Waals surface area contributed by atoms with Crippen LogP contribution < -0.4 is 5.19 Å². The largest absolute Gasteiger partial charge is 0.657 e. The molecule has 0 fully saturated rings. The molecule has 0 atom stereocenters. The van der Waals surface area contributed by atoms with Crippen LogP contribution in [0, 0.1) is 25.5 Å². The van der Waals surface area contributed by atoms with Gasteiger partial charge >= 0.3 is 9.08 Å². The van der Waals surface area contributed by atoms with Crippen molar-refractivity contribution >= 4 is 14.3 Å². The number of hydrogen-bond acceptors (Lipinski definition) is 0. The van der Waals surface area contributed by atoms with E-state index in [9.17, 15) is 21.1 Å². The summed E-state index contributed by atoms with van der Waals surface area (Å²) >= 11 is 0. The van der Waals surface area contributed by atoms with Crippen LogP contribution in [0.25, 0.3) is 11.1 Å². The molecule has 0 aliphatic rings. The van der Waals surface area contributed by atoms with E-state index in [1.807, 2.05) is 0 Å². The molecule has 0 saturated carbocycles. The Labute approximate surface area is 114 Å². The highest BCUT2D eigenvalue weighted by Crippen LogP contribution is 2.30. The van der Waals surface area contributed by atoms with E-state index in [0.29, 0.717) is 0 Å². The van der Waals surface area contributed by atoms with Crippen molar-refractivity contribution in [1.29, 1.82) is 0 Å². The van der Waals surface area contributed by atoms with Gasteiger partial charge in [-0.3, -0.25) is 0 Å². The SMILES string of the molecule is Cc1c(C)c(-c2ccccc2)c([Si](F)(F)F)c(F)c1F. The summed E-state index contributed by atoms with van der Waals surface area (Å²) < 4.78 is 67.1. The molecular weight excluding hydrogens is 291 g/mol. The van der Waals surface area contributed by atoms with Crippen molar-refractivity contribution in [3.8, 4) is 11.1 Å². The van der Waals surface area contributed by atoms with Gasteiger partial charge < -0.3 is 0 Å². The Bertz CT molecular complexity index is 647. The van der Waals surface area contributed by atoms with E-state index >= 15 is 0 Å². The maximum absolute atomic E-state index is 13.8. The smallest absolute Gasteiger partial charge is 0.234 e. The molecule has 0 spiro atoms. The summed E-state index contributed by atoms with van der Waals surface area (Å²) in [4.78, 5) is 0. The highest BCUT2D eigenvalue weighted by Gasteiger charge is 2.47. The molecule has 0 saturated heterocycles. The van der Waals surface area contributed by atoms with Gasteiger partial charge in [0.25, 0.3) is 0 Å². The Hall–Kier alpha value is -1.69. The molecule has 6 heteroatoms. The van der Waals surface area contributed by atoms with Crippen molar-refractivity contribution < 1.29 is 21.1 Å². The van der Waals surface area contributed by atoms with Crippen LogP contribution in [0.1, 0.15) is 11.1 Å². The monoisotopic (exact) mass is 302 g/mol. The molecule has 2 aromatic carbocycles. The standard InChI is InChI=1S/C14H11F5Si/c1-8-9(2)12(15)13(16)14(20(17,18)19)11(8)10-6-4-3-5-7-10/h3-7H,1-2H3. The van der Waals surface area contributed by atoms with E-state index < -0.39 is 25.9 Å². The molecule has 0 bridgehead atoms. The van der Waals surface area contributed by atoms with Gasteiger partial charge in [0.2, 0.25) is 0 Å². The van der Waals surface area contributed by atoms with Crippen LogP contribution in [0.15, 0.2) is 30.3 Å². The van der Waals surface area contributed by atoms with Crippen LogP contribution in [0.3, 0.4) is 0 Å². The van der Waals surface area contributed by atoms with E-state index in [1.165, 1.54) is 26.0 Å². The molecule has 0 nitrogen and oxygen atoms in total. The average Bonchev–Trinajstić information content (AvgIpc) is 2.39. The van der Waals surface area contributed by atoms with Gasteiger partial charge in [-0.15, -0.1) is 0 Å². The van der Waals surface area contributed by atoms with Crippen molar-refractivity contribution in [3.05, 3.63) is 53.1 Å². The highest BCUT2D eigenvalue weighted by molar-refractivity contribution is 6.75. The number of benzene rings is 2. The summed E-state index contributed by atoms with van der Waals surface area (Å²) in [5.74, 6) is -3.20. The van der Waals surface area contributed by atoms with Gasteiger partial charge in [0.05, 0.1) is 5.19 Å². The third kappa shape index (κ3) is 2.35. The van der Waals surface area contributed by atoms with E-state index in [-0.39, 0.29) is 22.3 Å². The maximum atomic E-state index is 13.8. The molecule has 2 rings (SSSR count). The van der Waals surface area contributed by atoms with Gasteiger partial charge in [-0.25, -0.2) is 21.1 Å². The lowest BCUT2D eigenvalue weighted by molar-refractivity contribution is 0.475. The second-order valence-electron chi connectivity index (χ2n) is 4.49. The lowest BCUT2D eigenvalue weighted by atomic mass is 9.96. The van der Waals surface area contributed by atoms with Crippen molar-refractivity contribution in [2.24, 2.45) is 0 Å². The fourth-order valence-corrected chi connectivity index (χ4v) is 3.13. The molecule has 0 aromatic heterocycles. The summed E-state index contributed by atoms with van der Waals surface area (Å²) in [6, 6.07) is 7.70. The van der Waals surface area contributed by atoms with E-state index in [2.05, 4.69) is 0 Å². The van der Waals surface area contributed by atoms with Crippen LogP contribution in [0.5, 0.6) is 0 Å². The Kier molecular flexibility index (Phi) is 3.69. The van der Waals surface area contributed by atoms with Crippen LogP contribution in [-0.2, 0) is 0 Å². The van der Waals surface area contributed by atoms with Crippen LogP contribution >= 0.6 is 0 Å². The fourth-order valence-electron chi connectivity index (χ4n) is 2.16. The third-order valence-electron chi connectivity index (χ3n) is 3.27. The molecule has 0 N–H and O–H groups in total. The van der Waals surface area contributed by atoms with Gasteiger partial charge in [-0.2, -0.15) is 0 Å². The Morgan fingerprint density at radius 1 is 0.800 bits per heavy atom. The van der Waals surface area contributed by atoms with Crippen molar-refractivity contribution in [3.63, 3.8) is 0 Å². The number of halogens is 5. The number of hydrogen-bond donors (Lipinski definition) is 0. The lowest BCUT2D eigenvalue weighted by Gasteiger charge is -2.17. The zero-order chi connectivity index (χ0) is 15.1. The predicted molar refractivity (Wildman–Crippen MR) is 70.0 cm³/mol. The summed E-state index contributed by atoms with van der Waals surface area (Å²) in [6.45, 7) is 2.66. The summed E-state index contributed by atoms with van der Waals surface area (Å²) in [6.07, 6.45) is 0. The molecule has 0 unspecified atom stereocenters. The van der Waals surface area contributed by atoms with E-state index in [1.54, 1.807) is 18.2 Å². The van der Waals surface area contributed by atoms with Gasteiger partial charge in [-0.05, 0) is 36.1 Å². The molecule has 0 amide bonds. The topological polar surface area (TPSA) is 0 Å². The van der Waals surface area contributed by atoms with Crippen molar-refractivity contribution in [2.45, 2.75) is 13.8 Å². The normalized spacial score (nSPS) is 11.8. The zero-order valence-electron chi connectivity index (χ0n) is 10.8. The Morgan fingerprint density at radius 2 is 1.35 bits per heavy atom. The lowest BCUT2D eigenvalue weighted by Crippen LogP contribution is -2.40. The first kappa shape index (κ1) is 14.7. The quantitative estimate of drug-likeness (QED) is 0.441. The van der Waals surface area contributed by atoms with Gasteiger partial charge in [0.1, 0.15) is 0 Å². The molecular formula is C14H11F5Si. The minimum absolute atomic E-state index is 0.0941. The minimum atomic E-state index is -6.51. The van der Waals surface area contributed by atoms with Gasteiger partial charge in [-0.1, -0.05) is 30.3 Å². The Balaban J connectivity index is 2.92. The molecule has 106 valence electrons. The summed E-state index contributed by atoms with van der Waals surface area (Å²) in [5.41, 5.74) is 0.0197. The van der Waals surface area contributed by atoms with Crippen LogP contribution in [0.2, 0.25) is 0 Å². The third-order valence-corrected chi connectivity index (χ3v) is 4.31. The summed E-state index contributed by atoms with van der Waals surface area (Å²) in [5, 5.41) is -1.41. The van der Waals surface area contributed by atoms with Gasteiger partial charge in [0, 0.05) is 0 Å².